The van der Waals surface area contributed by atoms with Crippen molar-refractivity contribution in [2.24, 2.45) is 5.92 Å². The average Bonchev–Trinajstić information content (AvgIpc) is 2.67. The van der Waals surface area contributed by atoms with Gasteiger partial charge in [0.1, 0.15) is 6.04 Å². The van der Waals surface area contributed by atoms with E-state index >= 15 is 0 Å². The summed E-state index contributed by atoms with van der Waals surface area (Å²) in [6.45, 7) is 0.774. The van der Waals surface area contributed by atoms with Crippen LogP contribution in [0.25, 0.3) is 0 Å². The van der Waals surface area contributed by atoms with E-state index in [4.69, 9.17) is 9.84 Å². The van der Waals surface area contributed by atoms with E-state index in [2.05, 4.69) is 0 Å². The molecule has 98 valence electrons. The van der Waals surface area contributed by atoms with Gasteiger partial charge in [0, 0.05) is 13.2 Å². The summed E-state index contributed by atoms with van der Waals surface area (Å²) in [5, 5.41) is 10.2. The Bertz CT molecular complexity index is 299. The molecule has 1 aliphatic rings. The molecule has 1 fully saturated rings. The standard InChI is InChI=1S/C9H12F3NO4/c10-9(11,12)8(16)13-6(7(14)15)3-5-1-2-17-4-5/h5-6H,1-4H2,(H,13,16)(H,14,15). The van der Waals surface area contributed by atoms with Crippen LogP contribution < -0.4 is 5.32 Å². The first-order valence-corrected chi connectivity index (χ1v) is 4.99. The number of nitrogens with one attached hydrogen (secondary N) is 1. The molecule has 8 heteroatoms. The van der Waals surface area contributed by atoms with E-state index in [1.807, 2.05) is 0 Å². The van der Waals surface area contributed by atoms with Crippen LogP contribution in [0.3, 0.4) is 0 Å². The molecule has 0 bridgehead atoms. The molecule has 2 atom stereocenters. The Hall–Kier alpha value is -1.31. The number of amides is 1. The molecule has 0 radical (unpaired) electrons. The normalized spacial score (nSPS) is 22.2. The highest BCUT2D eigenvalue weighted by molar-refractivity contribution is 5.86. The molecule has 1 aliphatic heterocycles. The number of aliphatic carboxylic acids is 1. The summed E-state index contributed by atoms with van der Waals surface area (Å²) in [5.41, 5.74) is 0. The number of carbonyl (C=O) groups excluding carboxylic acids is 1. The second-order valence-corrected chi connectivity index (χ2v) is 3.83. The minimum atomic E-state index is -5.07. The smallest absolute Gasteiger partial charge is 0.471 e. The molecule has 0 aromatic carbocycles. The first-order chi connectivity index (χ1) is 7.80. The van der Waals surface area contributed by atoms with Crippen molar-refractivity contribution in [2.45, 2.75) is 25.1 Å². The lowest BCUT2D eigenvalue weighted by atomic mass is 9.99. The van der Waals surface area contributed by atoms with E-state index < -0.39 is 24.1 Å². The van der Waals surface area contributed by atoms with Gasteiger partial charge in [-0.05, 0) is 18.8 Å². The highest BCUT2D eigenvalue weighted by Gasteiger charge is 2.41. The minimum Gasteiger partial charge on any atom is -0.480 e. The quantitative estimate of drug-likeness (QED) is 0.769. The minimum absolute atomic E-state index is 0.0584. The predicted octanol–water partition coefficient (Wildman–Crippen LogP) is 0.545. The molecule has 0 aromatic heterocycles. The number of hydrogen-bond acceptors (Lipinski definition) is 3. The number of rotatable bonds is 4. The number of carbonyl (C=O) groups is 2. The molecule has 5 nitrogen and oxygen atoms in total. The first-order valence-electron chi connectivity index (χ1n) is 4.99. The summed E-state index contributed by atoms with van der Waals surface area (Å²) < 4.78 is 40.9. The van der Waals surface area contributed by atoms with Crippen molar-refractivity contribution in [2.75, 3.05) is 13.2 Å². The van der Waals surface area contributed by atoms with E-state index in [-0.39, 0.29) is 12.3 Å². The highest BCUT2D eigenvalue weighted by Crippen LogP contribution is 2.20. The summed E-state index contributed by atoms with van der Waals surface area (Å²) in [6, 6.07) is -1.53. The lowest BCUT2D eigenvalue weighted by molar-refractivity contribution is -0.175. The van der Waals surface area contributed by atoms with Crippen molar-refractivity contribution in [3.63, 3.8) is 0 Å². The van der Waals surface area contributed by atoms with Crippen molar-refractivity contribution in [1.29, 1.82) is 0 Å². The molecule has 1 heterocycles. The third-order valence-corrected chi connectivity index (χ3v) is 2.45. The van der Waals surface area contributed by atoms with E-state index in [9.17, 15) is 22.8 Å². The molecule has 0 saturated carbocycles. The molecule has 0 aromatic rings. The van der Waals surface area contributed by atoms with Gasteiger partial charge in [0.15, 0.2) is 0 Å². The molecule has 0 spiro atoms. The van der Waals surface area contributed by atoms with Crippen molar-refractivity contribution in [3.8, 4) is 0 Å². The zero-order chi connectivity index (χ0) is 13.1. The number of carboxylic acid groups (broad SMARTS) is 1. The summed E-state index contributed by atoms with van der Waals surface area (Å²) >= 11 is 0. The van der Waals surface area contributed by atoms with Gasteiger partial charge in [-0.3, -0.25) is 4.79 Å². The van der Waals surface area contributed by atoms with E-state index in [0.29, 0.717) is 19.6 Å². The largest absolute Gasteiger partial charge is 0.480 e. The van der Waals surface area contributed by atoms with Crippen LogP contribution in [0.1, 0.15) is 12.8 Å². The van der Waals surface area contributed by atoms with Crippen LogP contribution in [0.15, 0.2) is 0 Å². The number of ether oxygens (including phenoxy) is 1. The van der Waals surface area contributed by atoms with Gasteiger partial charge >= 0.3 is 18.1 Å². The number of alkyl halides is 3. The second kappa shape index (κ2) is 5.35. The van der Waals surface area contributed by atoms with Crippen LogP contribution in [0.4, 0.5) is 13.2 Å². The molecule has 2 N–H and O–H groups in total. The molecule has 1 saturated heterocycles. The fourth-order valence-corrected chi connectivity index (χ4v) is 1.56. The molecular formula is C9H12F3NO4. The maximum atomic E-state index is 12.0. The van der Waals surface area contributed by atoms with Crippen molar-refractivity contribution in [1.82, 2.24) is 5.32 Å². The lowest BCUT2D eigenvalue weighted by Crippen LogP contribution is -2.47. The molecule has 17 heavy (non-hydrogen) atoms. The molecule has 1 rings (SSSR count). The Balaban J connectivity index is 2.54. The zero-order valence-corrected chi connectivity index (χ0v) is 8.79. The Labute approximate surface area is 94.9 Å². The summed E-state index contributed by atoms with van der Waals surface area (Å²) in [6.07, 6.45) is -4.54. The van der Waals surface area contributed by atoms with Crippen molar-refractivity contribution in [3.05, 3.63) is 0 Å². The van der Waals surface area contributed by atoms with Gasteiger partial charge in [-0.2, -0.15) is 13.2 Å². The van der Waals surface area contributed by atoms with Gasteiger partial charge in [0.05, 0.1) is 0 Å². The van der Waals surface area contributed by atoms with E-state index in [0.717, 1.165) is 0 Å². The maximum absolute atomic E-state index is 12.0. The molecule has 2 unspecified atom stereocenters. The fraction of sp³-hybridized carbons (Fsp3) is 0.778. The Morgan fingerprint density at radius 3 is 2.53 bits per heavy atom. The van der Waals surface area contributed by atoms with Crippen molar-refractivity contribution < 1.29 is 32.6 Å². The van der Waals surface area contributed by atoms with Gasteiger partial charge in [-0.15, -0.1) is 0 Å². The third kappa shape index (κ3) is 4.22. The summed E-state index contributed by atoms with van der Waals surface area (Å²) in [5.74, 6) is -3.84. The highest BCUT2D eigenvalue weighted by atomic mass is 19.4. The predicted molar refractivity (Wildman–Crippen MR) is 49.2 cm³/mol. The number of carboxylic acids is 1. The van der Waals surface area contributed by atoms with Crippen molar-refractivity contribution >= 4 is 11.9 Å². The van der Waals surface area contributed by atoms with Crippen LogP contribution in [0.5, 0.6) is 0 Å². The zero-order valence-electron chi connectivity index (χ0n) is 8.79. The number of hydrogen-bond donors (Lipinski definition) is 2. The average molecular weight is 255 g/mol. The van der Waals surface area contributed by atoms with Crippen LogP contribution in [-0.2, 0) is 14.3 Å². The topological polar surface area (TPSA) is 75.6 Å². The van der Waals surface area contributed by atoms with E-state index in [1.165, 1.54) is 5.32 Å². The molecule has 1 amide bonds. The molecular weight excluding hydrogens is 243 g/mol. The SMILES string of the molecule is O=C(O)C(CC1CCOC1)NC(=O)C(F)(F)F. The van der Waals surface area contributed by atoms with Crippen LogP contribution in [0.2, 0.25) is 0 Å². The first kappa shape index (κ1) is 13.8. The van der Waals surface area contributed by atoms with Crippen LogP contribution in [0, 0.1) is 5.92 Å². The maximum Gasteiger partial charge on any atom is 0.471 e. The Morgan fingerprint density at radius 1 is 1.47 bits per heavy atom. The molecule has 0 aliphatic carbocycles. The summed E-state index contributed by atoms with van der Waals surface area (Å²) in [7, 11) is 0. The van der Waals surface area contributed by atoms with Gasteiger partial charge in [-0.25, -0.2) is 4.79 Å². The van der Waals surface area contributed by atoms with Crippen LogP contribution >= 0.6 is 0 Å². The van der Waals surface area contributed by atoms with Gasteiger partial charge in [0.25, 0.3) is 0 Å². The Kier molecular flexibility index (Phi) is 4.33. The third-order valence-electron chi connectivity index (χ3n) is 2.45. The lowest BCUT2D eigenvalue weighted by Gasteiger charge is -2.18. The summed E-state index contributed by atoms with van der Waals surface area (Å²) in [4.78, 5) is 21.3. The van der Waals surface area contributed by atoms with E-state index in [1.54, 1.807) is 0 Å². The van der Waals surface area contributed by atoms with Gasteiger partial charge in [-0.1, -0.05) is 0 Å². The van der Waals surface area contributed by atoms with Gasteiger partial charge < -0.3 is 15.2 Å². The second-order valence-electron chi connectivity index (χ2n) is 3.83. The monoisotopic (exact) mass is 255 g/mol. The number of halogens is 3. The Morgan fingerprint density at radius 2 is 2.12 bits per heavy atom. The van der Waals surface area contributed by atoms with Crippen LogP contribution in [-0.4, -0.2) is 42.4 Å². The van der Waals surface area contributed by atoms with Gasteiger partial charge in [0.2, 0.25) is 0 Å². The fourth-order valence-electron chi connectivity index (χ4n) is 1.56.